The average Bonchev–Trinajstić information content (AvgIpc) is 3.36. The van der Waals surface area contributed by atoms with Gasteiger partial charge in [-0.15, -0.1) is 0 Å². The second-order valence-corrected chi connectivity index (χ2v) is 5.81. The molecule has 0 bridgehead atoms. The Labute approximate surface area is 156 Å². The number of alkyl halides is 3. The molecule has 0 aliphatic heterocycles. The van der Waals surface area contributed by atoms with Crippen LogP contribution in [0.25, 0.3) is 22.1 Å². The van der Waals surface area contributed by atoms with Gasteiger partial charge in [0.1, 0.15) is 12.0 Å². The van der Waals surface area contributed by atoms with Crippen LogP contribution in [-0.2, 0) is 6.61 Å². The van der Waals surface area contributed by atoms with Crippen molar-refractivity contribution < 1.29 is 31.6 Å². The van der Waals surface area contributed by atoms with Crippen molar-refractivity contribution in [3.8, 4) is 22.8 Å². The number of benzene rings is 2. The highest BCUT2D eigenvalue weighted by molar-refractivity contribution is 5.87. The number of halogens is 3. The number of fused-ring (bicyclic) bond motifs is 1. The molecule has 0 amide bonds. The first-order valence-corrected chi connectivity index (χ1v) is 8.18. The maximum atomic E-state index is 13.0. The fourth-order valence-corrected chi connectivity index (χ4v) is 2.57. The van der Waals surface area contributed by atoms with Gasteiger partial charge in [-0.1, -0.05) is 18.2 Å². The van der Waals surface area contributed by atoms with Crippen LogP contribution in [0.15, 0.2) is 63.9 Å². The minimum atomic E-state index is -3.85. The normalized spacial score (nSPS) is 11.7. The summed E-state index contributed by atoms with van der Waals surface area (Å²) in [5, 5.41) is 4.52. The molecule has 28 heavy (non-hydrogen) atoms. The molecule has 0 fully saturated rings. The predicted molar refractivity (Wildman–Crippen MR) is 91.8 cm³/mol. The van der Waals surface area contributed by atoms with Crippen molar-refractivity contribution in [3.63, 3.8) is 0 Å². The first-order valence-electron chi connectivity index (χ1n) is 8.18. The second-order valence-electron chi connectivity index (χ2n) is 5.81. The molecule has 0 spiro atoms. The summed E-state index contributed by atoms with van der Waals surface area (Å²) < 4.78 is 58.4. The Balaban J connectivity index is 1.56. The minimum absolute atomic E-state index is 0.0910. The highest BCUT2D eigenvalue weighted by atomic mass is 19.3. The number of hydrogen-bond donors (Lipinski definition) is 0. The zero-order valence-electron chi connectivity index (χ0n) is 14.3. The quantitative estimate of drug-likeness (QED) is 0.442. The zero-order chi connectivity index (χ0) is 19.6. The molecule has 0 N–H and O–H groups in total. The van der Waals surface area contributed by atoms with Crippen LogP contribution in [0.4, 0.5) is 13.2 Å². The van der Waals surface area contributed by atoms with Crippen LogP contribution < -0.4 is 9.47 Å². The van der Waals surface area contributed by atoms with Crippen LogP contribution in [-0.4, -0.2) is 22.9 Å². The maximum Gasteiger partial charge on any atom is 0.427 e. The van der Waals surface area contributed by atoms with Gasteiger partial charge in [0.15, 0.2) is 18.9 Å². The Kier molecular flexibility index (Phi) is 4.64. The minimum Gasteiger partial charge on any atom is -0.465 e. The van der Waals surface area contributed by atoms with Crippen LogP contribution in [0.3, 0.4) is 0 Å². The molecule has 0 saturated heterocycles. The lowest BCUT2D eigenvalue weighted by Gasteiger charge is -2.14. The molecule has 2 heterocycles. The third-order valence-electron chi connectivity index (χ3n) is 3.86. The fourth-order valence-electron chi connectivity index (χ4n) is 2.57. The Morgan fingerprint density at radius 2 is 1.82 bits per heavy atom. The lowest BCUT2D eigenvalue weighted by molar-refractivity contribution is -0.186. The van der Waals surface area contributed by atoms with Gasteiger partial charge in [-0.05, 0) is 40.5 Å². The number of hydrogen-bond acceptors (Lipinski definition) is 6. The Morgan fingerprint density at radius 3 is 2.54 bits per heavy atom. The number of nitrogens with zero attached hydrogens (tertiary/aromatic N) is 2. The van der Waals surface area contributed by atoms with E-state index in [1.54, 1.807) is 30.3 Å². The molecule has 0 aliphatic rings. The summed E-state index contributed by atoms with van der Waals surface area (Å²) in [5.41, 5.74) is 2.03. The highest BCUT2D eigenvalue weighted by Gasteiger charge is 2.31. The number of aromatic nitrogens is 2. The zero-order valence-corrected chi connectivity index (χ0v) is 14.3. The molecule has 2 aromatic carbocycles. The summed E-state index contributed by atoms with van der Waals surface area (Å²) in [4.78, 5) is 3.96. The van der Waals surface area contributed by atoms with Gasteiger partial charge < -0.3 is 18.4 Å². The molecular formula is C19H13F3N2O4. The van der Waals surface area contributed by atoms with Crippen molar-refractivity contribution in [2.45, 2.75) is 12.7 Å². The topological polar surface area (TPSA) is 70.5 Å². The van der Waals surface area contributed by atoms with E-state index in [0.717, 1.165) is 11.1 Å². The van der Waals surface area contributed by atoms with E-state index in [1.165, 1.54) is 24.6 Å². The van der Waals surface area contributed by atoms with Crippen LogP contribution >= 0.6 is 0 Å². The molecule has 4 aromatic rings. The number of oxazole rings is 1. The van der Waals surface area contributed by atoms with Crippen molar-refractivity contribution in [1.29, 1.82) is 0 Å². The van der Waals surface area contributed by atoms with Gasteiger partial charge in [0.05, 0.1) is 11.6 Å². The van der Waals surface area contributed by atoms with Crippen LogP contribution in [0, 0.1) is 0 Å². The summed E-state index contributed by atoms with van der Waals surface area (Å²) in [6.07, 6.45) is -0.902. The van der Waals surface area contributed by atoms with Crippen molar-refractivity contribution in [2.75, 3.05) is 6.67 Å². The van der Waals surface area contributed by atoms with E-state index < -0.39 is 12.8 Å². The standard InChI is InChI=1S/C19H13F3N2O4/c20-11-19(21,22)27-14-4-1-12(2-5-14)13-3-6-16-15(9-13)18(24-28-16)26-10-17-23-7-8-25-17/h1-9H,10-11H2. The monoisotopic (exact) mass is 390 g/mol. The van der Waals surface area contributed by atoms with Gasteiger partial charge in [-0.3, -0.25) is 0 Å². The Morgan fingerprint density at radius 1 is 1.04 bits per heavy atom. The highest BCUT2D eigenvalue weighted by Crippen LogP contribution is 2.32. The summed E-state index contributed by atoms with van der Waals surface area (Å²) in [6.45, 7) is -1.80. The van der Waals surface area contributed by atoms with Crippen LogP contribution in [0.5, 0.6) is 11.6 Å². The second kappa shape index (κ2) is 7.26. The Bertz CT molecular complexity index is 1060. The molecule has 0 radical (unpaired) electrons. The van der Waals surface area contributed by atoms with E-state index >= 15 is 0 Å². The van der Waals surface area contributed by atoms with Gasteiger partial charge >= 0.3 is 6.11 Å². The van der Waals surface area contributed by atoms with E-state index in [0.29, 0.717) is 16.9 Å². The molecule has 0 atom stereocenters. The molecule has 6 nitrogen and oxygen atoms in total. The fraction of sp³-hybridized carbons (Fsp3) is 0.158. The van der Waals surface area contributed by atoms with Gasteiger partial charge in [-0.25, -0.2) is 9.37 Å². The first-order chi connectivity index (χ1) is 13.5. The summed E-state index contributed by atoms with van der Waals surface area (Å²) in [7, 11) is 0. The lowest BCUT2D eigenvalue weighted by atomic mass is 10.0. The molecule has 4 rings (SSSR count). The summed E-state index contributed by atoms with van der Waals surface area (Å²) in [5.74, 6) is 0.540. The number of rotatable bonds is 7. The van der Waals surface area contributed by atoms with E-state index in [9.17, 15) is 13.2 Å². The molecule has 9 heteroatoms. The smallest absolute Gasteiger partial charge is 0.427 e. The lowest BCUT2D eigenvalue weighted by Crippen LogP contribution is -2.26. The number of ether oxygens (including phenoxy) is 2. The van der Waals surface area contributed by atoms with Crippen molar-refractivity contribution in [3.05, 3.63) is 60.8 Å². The Hall–Kier alpha value is -3.49. The third-order valence-corrected chi connectivity index (χ3v) is 3.86. The SMILES string of the molecule is FCC(F)(F)Oc1ccc(-c2ccc3onc(OCc4ncco4)c3c2)cc1. The van der Waals surface area contributed by atoms with Crippen LogP contribution in [0.1, 0.15) is 5.89 Å². The predicted octanol–water partition coefficient (Wildman–Crippen LogP) is 5.00. The average molecular weight is 390 g/mol. The first kappa shape index (κ1) is 17.9. The van der Waals surface area contributed by atoms with Gasteiger partial charge in [0.25, 0.3) is 5.88 Å². The molecule has 144 valence electrons. The van der Waals surface area contributed by atoms with Gasteiger partial charge in [-0.2, -0.15) is 8.78 Å². The van der Waals surface area contributed by atoms with Gasteiger partial charge in [0, 0.05) is 0 Å². The summed E-state index contributed by atoms with van der Waals surface area (Å²) in [6, 6.07) is 11.2. The van der Waals surface area contributed by atoms with Crippen LogP contribution in [0.2, 0.25) is 0 Å². The van der Waals surface area contributed by atoms with E-state index in [4.69, 9.17) is 13.7 Å². The molecular weight excluding hydrogens is 377 g/mol. The molecule has 0 unspecified atom stereocenters. The molecule has 0 saturated carbocycles. The molecule has 2 aromatic heterocycles. The summed E-state index contributed by atoms with van der Waals surface area (Å²) >= 11 is 0. The van der Waals surface area contributed by atoms with Crippen molar-refractivity contribution >= 4 is 11.0 Å². The van der Waals surface area contributed by atoms with E-state index in [2.05, 4.69) is 14.9 Å². The largest absolute Gasteiger partial charge is 0.465 e. The van der Waals surface area contributed by atoms with E-state index in [1.807, 2.05) is 0 Å². The maximum absolute atomic E-state index is 13.0. The third kappa shape index (κ3) is 3.78. The van der Waals surface area contributed by atoms with Gasteiger partial charge in [0.2, 0.25) is 5.89 Å². The van der Waals surface area contributed by atoms with E-state index in [-0.39, 0.29) is 18.2 Å². The van der Waals surface area contributed by atoms with Crippen molar-refractivity contribution in [2.24, 2.45) is 0 Å². The van der Waals surface area contributed by atoms with Crippen molar-refractivity contribution in [1.82, 2.24) is 10.1 Å². The molecule has 0 aliphatic carbocycles.